The second-order valence-corrected chi connectivity index (χ2v) is 6.37. The fourth-order valence-corrected chi connectivity index (χ4v) is 2.68. The first-order chi connectivity index (χ1) is 10.6. The molecule has 3 aromatic rings. The number of nitrogens with one attached hydrogen (secondary N) is 2. The summed E-state index contributed by atoms with van der Waals surface area (Å²) in [5.74, 6) is -0.247. The van der Waals surface area contributed by atoms with Crippen molar-refractivity contribution < 1.29 is 4.79 Å². The standard InChI is InChI=1S/C14H11Br2N5O/c15-10-5-18-21(8-10)7-9-2-1-3-11(4-9)19-14(22)13-12(16)6-17-20-13/h1-6,8H,7H2,(H,17,20)(H,19,22). The number of aromatic nitrogens is 4. The van der Waals surface area contributed by atoms with Crippen LogP contribution in [0.5, 0.6) is 0 Å². The molecule has 0 fully saturated rings. The summed E-state index contributed by atoms with van der Waals surface area (Å²) in [6.45, 7) is 0.628. The second-order valence-electron chi connectivity index (χ2n) is 4.60. The van der Waals surface area contributed by atoms with Crippen molar-refractivity contribution >= 4 is 43.5 Å². The number of halogens is 2. The molecule has 22 heavy (non-hydrogen) atoms. The summed E-state index contributed by atoms with van der Waals surface area (Å²) in [6, 6.07) is 7.63. The molecule has 112 valence electrons. The summed E-state index contributed by atoms with van der Waals surface area (Å²) in [7, 11) is 0. The van der Waals surface area contributed by atoms with Gasteiger partial charge in [-0.3, -0.25) is 14.6 Å². The van der Waals surface area contributed by atoms with E-state index in [2.05, 4.69) is 52.5 Å². The number of nitrogens with zero attached hydrogens (tertiary/aromatic N) is 3. The molecule has 0 atom stereocenters. The molecule has 3 rings (SSSR count). The first-order valence-corrected chi connectivity index (χ1v) is 7.97. The van der Waals surface area contributed by atoms with Crippen molar-refractivity contribution in [3.05, 3.63) is 63.1 Å². The van der Waals surface area contributed by atoms with E-state index < -0.39 is 0 Å². The smallest absolute Gasteiger partial charge is 0.274 e. The first kappa shape index (κ1) is 15.0. The van der Waals surface area contributed by atoms with Crippen LogP contribution in [-0.4, -0.2) is 25.9 Å². The molecule has 0 bridgehead atoms. The molecule has 2 heterocycles. The molecule has 0 aliphatic carbocycles. The highest BCUT2D eigenvalue weighted by atomic mass is 79.9. The highest BCUT2D eigenvalue weighted by molar-refractivity contribution is 9.10. The van der Waals surface area contributed by atoms with Gasteiger partial charge in [0.15, 0.2) is 0 Å². The number of hydrogen-bond donors (Lipinski definition) is 2. The SMILES string of the molecule is O=C(Nc1cccc(Cn2cc(Br)cn2)c1)c1[nH]ncc1Br. The molecule has 2 N–H and O–H groups in total. The van der Waals surface area contributed by atoms with Gasteiger partial charge in [0.25, 0.3) is 5.91 Å². The molecule has 0 radical (unpaired) electrons. The number of benzene rings is 1. The molecular formula is C14H11Br2N5O. The average molecular weight is 425 g/mol. The lowest BCUT2D eigenvalue weighted by atomic mass is 10.2. The van der Waals surface area contributed by atoms with Crippen LogP contribution in [0.15, 0.2) is 51.8 Å². The van der Waals surface area contributed by atoms with Gasteiger partial charge >= 0.3 is 0 Å². The van der Waals surface area contributed by atoms with Crippen molar-refractivity contribution in [2.75, 3.05) is 5.32 Å². The number of carbonyl (C=O) groups excluding carboxylic acids is 1. The van der Waals surface area contributed by atoms with Crippen LogP contribution in [-0.2, 0) is 6.54 Å². The van der Waals surface area contributed by atoms with Gasteiger partial charge in [-0.25, -0.2) is 0 Å². The lowest BCUT2D eigenvalue weighted by Crippen LogP contribution is -2.13. The van der Waals surface area contributed by atoms with E-state index >= 15 is 0 Å². The summed E-state index contributed by atoms with van der Waals surface area (Å²) in [6.07, 6.45) is 5.18. The number of anilines is 1. The van der Waals surface area contributed by atoms with Gasteiger partial charge in [0.1, 0.15) is 5.69 Å². The average Bonchev–Trinajstić information content (AvgIpc) is 3.08. The predicted octanol–water partition coefficient (Wildman–Crippen LogP) is 3.43. The molecule has 0 unspecified atom stereocenters. The van der Waals surface area contributed by atoms with Crippen LogP contribution in [0.3, 0.4) is 0 Å². The van der Waals surface area contributed by atoms with Crippen LogP contribution < -0.4 is 5.32 Å². The molecule has 0 saturated carbocycles. The molecule has 8 heteroatoms. The number of amides is 1. The Morgan fingerprint density at radius 2 is 2.18 bits per heavy atom. The number of hydrogen-bond acceptors (Lipinski definition) is 3. The lowest BCUT2D eigenvalue weighted by Gasteiger charge is -2.07. The quantitative estimate of drug-likeness (QED) is 0.673. The van der Waals surface area contributed by atoms with Crippen LogP contribution in [0.1, 0.15) is 16.1 Å². The molecule has 2 aromatic heterocycles. The fraction of sp³-hybridized carbons (Fsp3) is 0.0714. The van der Waals surface area contributed by atoms with E-state index in [0.717, 1.165) is 15.7 Å². The monoisotopic (exact) mass is 423 g/mol. The normalized spacial score (nSPS) is 10.6. The Bertz CT molecular complexity index is 811. The Morgan fingerprint density at radius 1 is 1.32 bits per heavy atom. The van der Waals surface area contributed by atoms with Crippen molar-refractivity contribution in [2.45, 2.75) is 6.54 Å². The van der Waals surface area contributed by atoms with Crippen LogP contribution in [0.4, 0.5) is 5.69 Å². The molecule has 1 aromatic carbocycles. The van der Waals surface area contributed by atoms with Gasteiger partial charge in [-0.05, 0) is 49.6 Å². The van der Waals surface area contributed by atoms with E-state index in [1.807, 2.05) is 35.1 Å². The summed E-state index contributed by atoms with van der Waals surface area (Å²) in [4.78, 5) is 12.1. The molecule has 0 aliphatic rings. The van der Waals surface area contributed by atoms with Crippen molar-refractivity contribution in [3.8, 4) is 0 Å². The lowest BCUT2D eigenvalue weighted by molar-refractivity contribution is 0.102. The minimum atomic E-state index is -0.247. The third-order valence-corrected chi connectivity index (χ3v) is 3.96. The maximum absolute atomic E-state index is 12.1. The Balaban J connectivity index is 1.74. The van der Waals surface area contributed by atoms with Crippen molar-refractivity contribution in [1.82, 2.24) is 20.0 Å². The summed E-state index contributed by atoms with van der Waals surface area (Å²) < 4.78 is 3.37. The number of aromatic amines is 1. The summed E-state index contributed by atoms with van der Waals surface area (Å²) >= 11 is 6.64. The number of H-pyrrole nitrogens is 1. The zero-order chi connectivity index (χ0) is 15.5. The predicted molar refractivity (Wildman–Crippen MR) is 89.7 cm³/mol. The van der Waals surface area contributed by atoms with Crippen LogP contribution in [0.25, 0.3) is 0 Å². The minimum absolute atomic E-state index is 0.247. The third-order valence-electron chi connectivity index (χ3n) is 2.95. The van der Waals surface area contributed by atoms with Gasteiger partial charge in [-0.2, -0.15) is 10.2 Å². The molecular weight excluding hydrogens is 414 g/mol. The van der Waals surface area contributed by atoms with Gasteiger partial charge in [0, 0.05) is 11.9 Å². The molecule has 0 spiro atoms. The third kappa shape index (κ3) is 3.45. The molecule has 0 aliphatic heterocycles. The highest BCUT2D eigenvalue weighted by Gasteiger charge is 2.12. The zero-order valence-corrected chi connectivity index (χ0v) is 14.4. The number of carbonyl (C=O) groups is 1. The molecule has 1 amide bonds. The summed E-state index contributed by atoms with van der Waals surface area (Å²) in [5, 5.41) is 13.5. The second kappa shape index (κ2) is 6.45. The fourth-order valence-electron chi connectivity index (χ4n) is 1.98. The Morgan fingerprint density at radius 3 is 2.86 bits per heavy atom. The van der Waals surface area contributed by atoms with E-state index in [0.29, 0.717) is 16.7 Å². The Labute approximate surface area is 143 Å². The van der Waals surface area contributed by atoms with Gasteiger partial charge in [-0.15, -0.1) is 0 Å². The Kier molecular flexibility index (Phi) is 4.39. The number of rotatable bonds is 4. The van der Waals surface area contributed by atoms with Gasteiger partial charge in [0.05, 0.1) is 27.9 Å². The highest BCUT2D eigenvalue weighted by Crippen LogP contribution is 2.17. The van der Waals surface area contributed by atoms with E-state index in [1.54, 1.807) is 12.4 Å². The zero-order valence-electron chi connectivity index (χ0n) is 11.3. The first-order valence-electron chi connectivity index (χ1n) is 6.39. The maximum Gasteiger partial charge on any atom is 0.274 e. The van der Waals surface area contributed by atoms with Crippen LogP contribution >= 0.6 is 31.9 Å². The minimum Gasteiger partial charge on any atom is -0.321 e. The topological polar surface area (TPSA) is 75.6 Å². The maximum atomic E-state index is 12.1. The van der Waals surface area contributed by atoms with Gasteiger partial charge in [0.2, 0.25) is 0 Å². The Hall–Kier alpha value is -1.93. The molecule has 0 saturated heterocycles. The summed E-state index contributed by atoms with van der Waals surface area (Å²) in [5.41, 5.74) is 2.15. The molecule has 6 nitrogen and oxygen atoms in total. The van der Waals surface area contributed by atoms with Crippen LogP contribution in [0, 0.1) is 0 Å². The van der Waals surface area contributed by atoms with E-state index in [1.165, 1.54) is 0 Å². The van der Waals surface area contributed by atoms with Crippen molar-refractivity contribution in [3.63, 3.8) is 0 Å². The van der Waals surface area contributed by atoms with E-state index in [4.69, 9.17) is 0 Å². The van der Waals surface area contributed by atoms with Crippen LogP contribution in [0.2, 0.25) is 0 Å². The van der Waals surface area contributed by atoms with E-state index in [-0.39, 0.29) is 5.91 Å². The van der Waals surface area contributed by atoms with Crippen molar-refractivity contribution in [2.24, 2.45) is 0 Å². The van der Waals surface area contributed by atoms with Crippen molar-refractivity contribution in [1.29, 1.82) is 0 Å². The van der Waals surface area contributed by atoms with Gasteiger partial charge < -0.3 is 5.32 Å². The largest absolute Gasteiger partial charge is 0.321 e. The van der Waals surface area contributed by atoms with Gasteiger partial charge in [-0.1, -0.05) is 12.1 Å². The van der Waals surface area contributed by atoms with E-state index in [9.17, 15) is 4.79 Å².